The van der Waals surface area contributed by atoms with Gasteiger partial charge >= 0.3 is 0 Å². The Kier molecular flexibility index (Phi) is 7.36. The van der Waals surface area contributed by atoms with Crippen molar-refractivity contribution in [2.24, 2.45) is 11.8 Å². The Bertz CT molecular complexity index is 1180. The molecule has 7 heteroatoms. The molecular weight excluding hydrogens is 460 g/mol. The molecule has 2 amide bonds. The highest BCUT2D eigenvalue weighted by Gasteiger charge is 2.47. The molecule has 0 unspecified atom stereocenters. The maximum Gasteiger partial charge on any atom is 0.246 e. The summed E-state index contributed by atoms with van der Waals surface area (Å²) in [4.78, 5) is 29.4. The first kappa shape index (κ1) is 25.4. The summed E-state index contributed by atoms with van der Waals surface area (Å²) in [5.41, 5.74) is 3.01. The second-order valence-corrected chi connectivity index (χ2v) is 12.6. The molecule has 1 heterocycles. The van der Waals surface area contributed by atoms with E-state index in [0.717, 1.165) is 25.7 Å². The lowest BCUT2D eigenvalue weighted by Crippen LogP contribution is -2.66. The van der Waals surface area contributed by atoms with Crippen molar-refractivity contribution < 1.29 is 18.0 Å². The normalized spacial score (nSPS) is 21.0. The molecule has 0 aromatic heterocycles. The van der Waals surface area contributed by atoms with Crippen LogP contribution in [-0.4, -0.2) is 42.5 Å². The highest BCUT2D eigenvalue weighted by Crippen LogP contribution is 2.34. The van der Waals surface area contributed by atoms with Gasteiger partial charge in [0.25, 0.3) is 0 Å². The third-order valence-electron chi connectivity index (χ3n) is 7.74. The van der Waals surface area contributed by atoms with Crippen LogP contribution in [0.3, 0.4) is 0 Å². The molecule has 1 N–H and O–H groups in total. The number of hydrogen-bond acceptors (Lipinski definition) is 4. The molecule has 35 heavy (non-hydrogen) atoms. The lowest BCUT2D eigenvalue weighted by atomic mass is 9.86. The van der Waals surface area contributed by atoms with E-state index >= 15 is 0 Å². The van der Waals surface area contributed by atoms with Crippen molar-refractivity contribution in [3.05, 3.63) is 65.2 Å². The van der Waals surface area contributed by atoms with Gasteiger partial charge in [-0.1, -0.05) is 69.2 Å². The fourth-order valence-electron chi connectivity index (χ4n) is 5.64. The Morgan fingerprint density at radius 2 is 1.51 bits per heavy atom. The van der Waals surface area contributed by atoms with E-state index in [0.29, 0.717) is 5.56 Å². The number of amides is 2. The summed E-state index contributed by atoms with van der Waals surface area (Å²) < 4.78 is 26.2. The van der Waals surface area contributed by atoms with Crippen molar-refractivity contribution in [2.45, 2.75) is 82.2 Å². The van der Waals surface area contributed by atoms with E-state index in [1.807, 2.05) is 26.0 Å². The van der Waals surface area contributed by atoms with Gasteiger partial charge in [0, 0.05) is 6.54 Å². The monoisotopic (exact) mass is 496 g/mol. The number of fused-ring (bicyclic) bond motifs is 1. The van der Waals surface area contributed by atoms with Gasteiger partial charge in [-0.2, -0.15) is 0 Å². The Morgan fingerprint density at radius 3 is 2.09 bits per heavy atom. The van der Waals surface area contributed by atoms with Crippen molar-refractivity contribution in [1.82, 2.24) is 10.2 Å². The molecule has 2 aliphatic rings. The lowest BCUT2D eigenvalue weighted by Gasteiger charge is -2.44. The number of benzene rings is 2. The van der Waals surface area contributed by atoms with Gasteiger partial charge in [0.15, 0.2) is 9.84 Å². The first-order valence-electron chi connectivity index (χ1n) is 12.7. The number of carbonyl (C=O) groups excluding carboxylic acids is 2. The minimum atomic E-state index is -3.54. The smallest absolute Gasteiger partial charge is 0.246 e. The van der Waals surface area contributed by atoms with Crippen LogP contribution < -0.4 is 5.32 Å². The van der Waals surface area contributed by atoms with E-state index in [9.17, 15) is 18.0 Å². The summed E-state index contributed by atoms with van der Waals surface area (Å²) in [5, 5.41) is 2.49. The second-order valence-electron chi connectivity index (χ2n) is 10.1. The molecule has 1 saturated heterocycles. The first-order chi connectivity index (χ1) is 16.7. The van der Waals surface area contributed by atoms with Crippen molar-refractivity contribution in [3.8, 4) is 0 Å². The van der Waals surface area contributed by atoms with Gasteiger partial charge in [0.2, 0.25) is 11.8 Å². The van der Waals surface area contributed by atoms with E-state index in [1.165, 1.54) is 11.1 Å². The predicted octanol–water partition coefficient (Wildman–Crippen LogP) is 3.92. The van der Waals surface area contributed by atoms with Crippen LogP contribution in [0, 0.1) is 11.8 Å². The molecule has 0 bridgehead atoms. The minimum Gasteiger partial charge on any atom is -0.342 e. The molecule has 0 radical (unpaired) electrons. The van der Waals surface area contributed by atoms with Crippen molar-refractivity contribution in [2.75, 3.05) is 0 Å². The molecule has 6 nitrogen and oxygen atoms in total. The van der Waals surface area contributed by atoms with Crippen LogP contribution in [-0.2, 0) is 38.8 Å². The molecule has 2 aromatic rings. The average Bonchev–Trinajstić information content (AvgIpc) is 3.27. The Balaban J connectivity index is 1.71. The second kappa shape index (κ2) is 10.1. The van der Waals surface area contributed by atoms with Gasteiger partial charge in [-0.05, 0) is 61.3 Å². The van der Waals surface area contributed by atoms with E-state index < -0.39 is 27.2 Å². The Hall–Kier alpha value is -2.67. The van der Waals surface area contributed by atoms with Crippen molar-refractivity contribution in [3.63, 3.8) is 0 Å². The molecule has 1 fully saturated rings. The summed E-state index contributed by atoms with van der Waals surface area (Å²) in [6.07, 6.45) is 3.00. The first-order valence-corrected chi connectivity index (χ1v) is 14.2. The summed E-state index contributed by atoms with van der Waals surface area (Å²) in [6.45, 7) is 7.48. The van der Waals surface area contributed by atoms with Gasteiger partial charge in [0.05, 0.1) is 10.1 Å². The number of sulfone groups is 1. The summed E-state index contributed by atoms with van der Waals surface area (Å²) >= 11 is 0. The molecule has 2 atom stereocenters. The zero-order valence-corrected chi connectivity index (χ0v) is 21.8. The van der Waals surface area contributed by atoms with E-state index in [1.54, 1.807) is 43.0 Å². The van der Waals surface area contributed by atoms with Crippen LogP contribution in [0.1, 0.15) is 57.2 Å². The van der Waals surface area contributed by atoms with Gasteiger partial charge in [-0.25, -0.2) is 8.42 Å². The highest BCUT2D eigenvalue weighted by atomic mass is 32.2. The number of nitrogens with zero attached hydrogens (tertiary/aromatic N) is 1. The van der Waals surface area contributed by atoms with Crippen molar-refractivity contribution in [1.29, 1.82) is 0 Å². The zero-order valence-electron chi connectivity index (χ0n) is 21.0. The molecule has 4 rings (SSSR count). The van der Waals surface area contributed by atoms with E-state index in [-0.39, 0.29) is 35.1 Å². The van der Waals surface area contributed by atoms with Crippen LogP contribution >= 0.6 is 0 Å². The fraction of sp³-hybridized carbons (Fsp3) is 0.500. The van der Waals surface area contributed by atoms with Crippen LogP contribution in [0.2, 0.25) is 0 Å². The summed E-state index contributed by atoms with van der Waals surface area (Å²) in [5.74, 6) is -0.266. The number of nitrogens with one attached hydrogen (secondary N) is 1. The van der Waals surface area contributed by atoms with Crippen molar-refractivity contribution >= 4 is 21.7 Å². The molecule has 1 aliphatic heterocycles. The molecule has 188 valence electrons. The molecule has 0 spiro atoms. The number of hydrogen-bond donors (Lipinski definition) is 1. The van der Waals surface area contributed by atoms with Crippen LogP contribution in [0.5, 0.6) is 0 Å². The Morgan fingerprint density at radius 1 is 0.943 bits per heavy atom. The third-order valence-corrected chi connectivity index (χ3v) is 9.99. The van der Waals surface area contributed by atoms with Gasteiger partial charge in [0.1, 0.15) is 12.1 Å². The molecule has 0 saturated carbocycles. The number of carbonyl (C=O) groups is 2. The van der Waals surface area contributed by atoms with Gasteiger partial charge < -0.3 is 10.2 Å². The standard InChI is InChI=1S/C28H36N2O4S/c1-5-19(6-2)26-27(31)29-25(23-15-20-11-7-8-12-21(20)16-23)28(32)30(26)17-22-13-9-10-14-24(22)35(33,34)18(3)4/h7-14,18-19,23,25-26H,5-6,15-17H2,1-4H3,(H,29,31)/t25-,26-/m1/s1. The number of piperazine rings is 1. The predicted molar refractivity (Wildman–Crippen MR) is 136 cm³/mol. The minimum absolute atomic E-state index is 0.00505. The number of rotatable bonds is 8. The zero-order chi connectivity index (χ0) is 25.3. The van der Waals surface area contributed by atoms with Gasteiger partial charge in [-0.15, -0.1) is 0 Å². The van der Waals surface area contributed by atoms with E-state index in [2.05, 4.69) is 17.4 Å². The highest BCUT2D eigenvalue weighted by molar-refractivity contribution is 7.92. The maximum atomic E-state index is 14.0. The molecule has 2 aromatic carbocycles. The third kappa shape index (κ3) is 4.75. The Labute approximate surface area is 209 Å². The topological polar surface area (TPSA) is 83.6 Å². The van der Waals surface area contributed by atoms with E-state index in [4.69, 9.17) is 0 Å². The lowest BCUT2D eigenvalue weighted by molar-refractivity contribution is -0.154. The molecular formula is C28H36N2O4S. The quantitative estimate of drug-likeness (QED) is 0.601. The average molecular weight is 497 g/mol. The van der Waals surface area contributed by atoms with Gasteiger partial charge in [-0.3, -0.25) is 9.59 Å². The SMILES string of the molecule is CCC(CC)[C@@H]1C(=O)N[C@H](C2Cc3ccccc3C2)C(=O)N1Cc1ccccc1S(=O)(=O)C(C)C. The largest absolute Gasteiger partial charge is 0.342 e. The van der Waals surface area contributed by atoms with Crippen LogP contribution in [0.15, 0.2) is 53.4 Å². The maximum absolute atomic E-state index is 14.0. The molecule has 1 aliphatic carbocycles. The van der Waals surface area contributed by atoms with Crippen LogP contribution in [0.25, 0.3) is 0 Å². The fourth-order valence-corrected chi connectivity index (χ4v) is 6.91. The summed E-state index contributed by atoms with van der Waals surface area (Å²) in [6, 6.07) is 13.8. The van der Waals surface area contributed by atoms with Crippen LogP contribution in [0.4, 0.5) is 0 Å². The summed E-state index contributed by atoms with van der Waals surface area (Å²) in [7, 11) is -3.54.